The number of carbonyl (C=O) groups excluding carboxylic acids is 1. The van der Waals surface area contributed by atoms with Gasteiger partial charge in [0.15, 0.2) is 5.76 Å². The van der Waals surface area contributed by atoms with Gasteiger partial charge in [-0.15, -0.1) is 0 Å². The van der Waals surface area contributed by atoms with E-state index in [0.29, 0.717) is 24.8 Å². The van der Waals surface area contributed by atoms with Crippen LogP contribution < -0.4 is 10.1 Å². The Morgan fingerprint density at radius 1 is 1.37 bits per heavy atom. The molecule has 0 aliphatic rings. The summed E-state index contributed by atoms with van der Waals surface area (Å²) < 4.78 is 15.2. The predicted molar refractivity (Wildman–Crippen MR) is 68.3 cm³/mol. The van der Waals surface area contributed by atoms with E-state index >= 15 is 0 Å². The molecular formula is C13H14N2O4. The first-order valence-corrected chi connectivity index (χ1v) is 5.72. The summed E-state index contributed by atoms with van der Waals surface area (Å²) in [5.41, 5.74) is 0.570. The molecule has 2 rings (SSSR count). The van der Waals surface area contributed by atoms with E-state index in [9.17, 15) is 4.79 Å². The Balaban J connectivity index is 1.90. The Bertz CT molecular complexity index is 508. The first kappa shape index (κ1) is 13.1. The van der Waals surface area contributed by atoms with Crippen LogP contribution in [0.15, 0.2) is 41.1 Å². The minimum Gasteiger partial charge on any atom is -0.475 e. The molecule has 2 aromatic heterocycles. The van der Waals surface area contributed by atoms with E-state index < -0.39 is 0 Å². The molecule has 1 N–H and O–H groups in total. The molecule has 0 saturated carbocycles. The maximum atomic E-state index is 11.7. The van der Waals surface area contributed by atoms with Crippen LogP contribution >= 0.6 is 0 Å². The minimum atomic E-state index is -0.320. The molecule has 0 fully saturated rings. The Kier molecular flexibility index (Phi) is 4.52. The topological polar surface area (TPSA) is 73.6 Å². The third-order valence-electron chi connectivity index (χ3n) is 2.28. The molecular weight excluding hydrogens is 248 g/mol. The Morgan fingerprint density at radius 3 is 2.89 bits per heavy atom. The number of carbonyl (C=O) groups is 1. The average molecular weight is 262 g/mol. The first-order chi connectivity index (χ1) is 9.29. The fraction of sp³-hybridized carbons (Fsp3) is 0.231. The third kappa shape index (κ3) is 3.82. The number of rotatable bonds is 6. The molecule has 2 aromatic rings. The highest BCUT2D eigenvalue weighted by molar-refractivity contribution is 6.02. The number of hydrogen-bond acceptors (Lipinski definition) is 5. The Morgan fingerprint density at radius 2 is 2.26 bits per heavy atom. The van der Waals surface area contributed by atoms with E-state index in [-0.39, 0.29) is 11.7 Å². The molecule has 0 saturated heterocycles. The molecule has 19 heavy (non-hydrogen) atoms. The number of pyridine rings is 1. The monoisotopic (exact) mass is 262 g/mol. The van der Waals surface area contributed by atoms with Gasteiger partial charge in [0.25, 0.3) is 5.91 Å². The van der Waals surface area contributed by atoms with Crippen molar-refractivity contribution < 1.29 is 18.7 Å². The van der Waals surface area contributed by atoms with Crippen LogP contribution in [0, 0.1) is 0 Å². The van der Waals surface area contributed by atoms with E-state index in [1.54, 1.807) is 31.4 Å². The summed E-state index contributed by atoms with van der Waals surface area (Å²) in [6.45, 7) is 0.931. The largest absolute Gasteiger partial charge is 0.475 e. The first-order valence-electron chi connectivity index (χ1n) is 5.72. The van der Waals surface area contributed by atoms with Gasteiger partial charge in [-0.25, -0.2) is 4.98 Å². The van der Waals surface area contributed by atoms with E-state index in [1.165, 1.54) is 12.5 Å². The van der Waals surface area contributed by atoms with E-state index in [4.69, 9.17) is 13.9 Å². The molecule has 6 heteroatoms. The summed E-state index contributed by atoms with van der Waals surface area (Å²) >= 11 is 0. The molecule has 6 nitrogen and oxygen atoms in total. The number of anilines is 1. The molecule has 0 aromatic carbocycles. The molecule has 0 bridgehead atoms. The van der Waals surface area contributed by atoms with Gasteiger partial charge in [0.2, 0.25) is 5.88 Å². The van der Waals surface area contributed by atoms with Gasteiger partial charge in [0, 0.05) is 13.2 Å². The van der Waals surface area contributed by atoms with Crippen LogP contribution in [-0.4, -0.2) is 31.2 Å². The summed E-state index contributed by atoms with van der Waals surface area (Å²) in [5, 5.41) is 2.66. The fourth-order valence-corrected chi connectivity index (χ4v) is 1.37. The standard InChI is InChI=1S/C13H14N2O4/c1-17-7-8-19-12-5-4-10(9-14-12)15-13(16)11-3-2-6-18-11/h2-6,9H,7-8H2,1H3,(H,15,16). The Labute approximate surface area is 110 Å². The molecule has 0 spiro atoms. The molecule has 0 atom stereocenters. The molecule has 0 radical (unpaired) electrons. The molecule has 0 aliphatic heterocycles. The van der Waals surface area contributed by atoms with Crippen molar-refractivity contribution >= 4 is 11.6 Å². The zero-order valence-electron chi connectivity index (χ0n) is 10.5. The highest BCUT2D eigenvalue weighted by Gasteiger charge is 2.08. The van der Waals surface area contributed by atoms with Crippen molar-refractivity contribution in [3.05, 3.63) is 42.5 Å². The molecule has 0 aliphatic carbocycles. The minimum absolute atomic E-state index is 0.250. The van der Waals surface area contributed by atoms with Crippen LogP contribution in [0.3, 0.4) is 0 Å². The second-order valence-corrected chi connectivity index (χ2v) is 3.66. The summed E-state index contributed by atoms with van der Waals surface area (Å²) in [6, 6.07) is 6.62. The lowest BCUT2D eigenvalue weighted by Gasteiger charge is -2.06. The number of furan rings is 1. The van der Waals surface area contributed by atoms with Gasteiger partial charge in [0.05, 0.1) is 24.8 Å². The van der Waals surface area contributed by atoms with Crippen LogP contribution in [-0.2, 0) is 4.74 Å². The van der Waals surface area contributed by atoms with Crippen LogP contribution in [0.1, 0.15) is 10.6 Å². The van der Waals surface area contributed by atoms with Crippen molar-refractivity contribution in [2.75, 3.05) is 25.6 Å². The quantitative estimate of drug-likeness (QED) is 0.805. The van der Waals surface area contributed by atoms with Gasteiger partial charge >= 0.3 is 0 Å². The average Bonchev–Trinajstić information content (AvgIpc) is 2.95. The van der Waals surface area contributed by atoms with Gasteiger partial charge in [-0.2, -0.15) is 0 Å². The number of aromatic nitrogens is 1. The summed E-state index contributed by atoms with van der Waals surface area (Å²) in [5.74, 6) is 0.410. The van der Waals surface area contributed by atoms with Crippen molar-refractivity contribution in [1.29, 1.82) is 0 Å². The maximum absolute atomic E-state index is 11.7. The molecule has 0 unspecified atom stereocenters. The van der Waals surface area contributed by atoms with Crippen molar-refractivity contribution in [2.45, 2.75) is 0 Å². The molecule has 100 valence electrons. The number of hydrogen-bond donors (Lipinski definition) is 1. The normalized spacial score (nSPS) is 10.2. The number of methoxy groups -OCH3 is 1. The zero-order chi connectivity index (χ0) is 13.5. The lowest BCUT2D eigenvalue weighted by atomic mass is 10.3. The fourth-order valence-electron chi connectivity index (χ4n) is 1.37. The SMILES string of the molecule is COCCOc1ccc(NC(=O)c2ccco2)cn1. The number of ether oxygens (including phenoxy) is 2. The third-order valence-corrected chi connectivity index (χ3v) is 2.28. The summed E-state index contributed by atoms with van der Waals surface area (Å²) in [7, 11) is 1.60. The number of nitrogens with zero attached hydrogens (tertiary/aromatic N) is 1. The predicted octanol–water partition coefficient (Wildman–Crippen LogP) is 1.95. The summed E-state index contributed by atoms with van der Waals surface area (Å²) in [4.78, 5) is 15.8. The van der Waals surface area contributed by atoms with Gasteiger partial charge < -0.3 is 19.2 Å². The number of amides is 1. The second kappa shape index (κ2) is 6.55. The smallest absolute Gasteiger partial charge is 0.291 e. The van der Waals surface area contributed by atoms with E-state index in [2.05, 4.69) is 10.3 Å². The van der Waals surface area contributed by atoms with Crippen LogP contribution in [0.2, 0.25) is 0 Å². The van der Waals surface area contributed by atoms with E-state index in [1.807, 2.05) is 0 Å². The maximum Gasteiger partial charge on any atom is 0.291 e. The lowest BCUT2D eigenvalue weighted by molar-refractivity contribution is 0.0996. The van der Waals surface area contributed by atoms with E-state index in [0.717, 1.165) is 0 Å². The highest BCUT2D eigenvalue weighted by Crippen LogP contribution is 2.13. The highest BCUT2D eigenvalue weighted by atomic mass is 16.5. The summed E-state index contributed by atoms with van der Waals surface area (Å²) in [6.07, 6.45) is 2.96. The Hall–Kier alpha value is -2.34. The molecule has 2 heterocycles. The van der Waals surface area contributed by atoms with Crippen LogP contribution in [0.5, 0.6) is 5.88 Å². The van der Waals surface area contributed by atoms with Gasteiger partial charge in [0.1, 0.15) is 6.61 Å². The van der Waals surface area contributed by atoms with Gasteiger partial charge in [-0.05, 0) is 18.2 Å². The van der Waals surface area contributed by atoms with Crippen LogP contribution in [0.25, 0.3) is 0 Å². The molecule has 1 amide bonds. The van der Waals surface area contributed by atoms with Crippen molar-refractivity contribution in [3.63, 3.8) is 0 Å². The van der Waals surface area contributed by atoms with Crippen LogP contribution in [0.4, 0.5) is 5.69 Å². The van der Waals surface area contributed by atoms with Crippen molar-refractivity contribution in [2.24, 2.45) is 0 Å². The van der Waals surface area contributed by atoms with Gasteiger partial charge in [-0.3, -0.25) is 4.79 Å². The zero-order valence-corrected chi connectivity index (χ0v) is 10.5. The van der Waals surface area contributed by atoms with Gasteiger partial charge in [-0.1, -0.05) is 0 Å². The number of nitrogens with one attached hydrogen (secondary N) is 1. The lowest BCUT2D eigenvalue weighted by Crippen LogP contribution is -2.11. The van der Waals surface area contributed by atoms with Crippen molar-refractivity contribution in [1.82, 2.24) is 4.98 Å². The second-order valence-electron chi connectivity index (χ2n) is 3.66. The van der Waals surface area contributed by atoms with Crippen molar-refractivity contribution in [3.8, 4) is 5.88 Å².